The van der Waals surface area contributed by atoms with E-state index in [0.29, 0.717) is 16.3 Å². The zero-order valence-electron chi connectivity index (χ0n) is 14.8. The molecule has 0 spiro atoms. The molecule has 29 heavy (non-hydrogen) atoms. The van der Waals surface area contributed by atoms with E-state index in [1.807, 2.05) is 0 Å². The third kappa shape index (κ3) is 4.10. The summed E-state index contributed by atoms with van der Waals surface area (Å²) in [6.07, 6.45) is 1.50. The number of para-hydroxylation sites is 2. The van der Waals surface area contributed by atoms with Gasteiger partial charge in [0.05, 0.1) is 11.6 Å². The number of hydrogen-bond donors (Lipinski definition) is 3. The smallest absolute Gasteiger partial charge is 0.266 e. The quantitative estimate of drug-likeness (QED) is 0.588. The van der Waals surface area contributed by atoms with Crippen molar-refractivity contribution in [1.82, 2.24) is 9.71 Å². The average Bonchev–Trinajstić information content (AvgIpc) is 2.68. The van der Waals surface area contributed by atoms with Gasteiger partial charge in [0, 0.05) is 12.3 Å². The van der Waals surface area contributed by atoms with Crippen molar-refractivity contribution >= 4 is 33.3 Å². The van der Waals surface area contributed by atoms with Crippen molar-refractivity contribution in [2.45, 2.75) is 11.4 Å². The zero-order valence-corrected chi connectivity index (χ0v) is 16.4. The first-order valence-electron chi connectivity index (χ1n) is 8.50. The van der Waals surface area contributed by atoms with Crippen LogP contribution in [0.15, 0.2) is 75.5 Å². The first-order chi connectivity index (χ1) is 13.9. The van der Waals surface area contributed by atoms with Gasteiger partial charge in [0.2, 0.25) is 11.5 Å². The van der Waals surface area contributed by atoms with E-state index in [9.17, 15) is 13.2 Å². The summed E-state index contributed by atoms with van der Waals surface area (Å²) in [6, 6.07) is 14.6. The van der Waals surface area contributed by atoms with Crippen molar-refractivity contribution in [2.24, 2.45) is 4.99 Å². The predicted octanol–water partition coefficient (Wildman–Crippen LogP) is 3.08. The van der Waals surface area contributed by atoms with Crippen molar-refractivity contribution in [3.63, 3.8) is 0 Å². The van der Waals surface area contributed by atoms with Crippen LogP contribution in [0.4, 0.5) is 5.69 Å². The number of nitrogens with zero attached hydrogens (tertiary/aromatic N) is 1. The molecule has 2 heterocycles. The van der Waals surface area contributed by atoms with Crippen LogP contribution in [0.5, 0.6) is 11.5 Å². The van der Waals surface area contributed by atoms with Crippen molar-refractivity contribution in [1.29, 1.82) is 0 Å². The van der Waals surface area contributed by atoms with Crippen molar-refractivity contribution in [3.05, 3.63) is 81.7 Å². The highest BCUT2D eigenvalue weighted by Gasteiger charge is 2.29. The number of nitrogens with one attached hydrogen (secondary N) is 3. The van der Waals surface area contributed by atoms with E-state index >= 15 is 0 Å². The molecule has 3 aromatic rings. The molecule has 0 bridgehead atoms. The number of aliphatic imine (C=N–C) groups is 1. The van der Waals surface area contributed by atoms with Gasteiger partial charge in [0.25, 0.3) is 10.0 Å². The molecule has 1 aliphatic heterocycles. The zero-order chi connectivity index (χ0) is 20.4. The minimum absolute atomic E-state index is 0.0213. The first kappa shape index (κ1) is 19.0. The van der Waals surface area contributed by atoms with Gasteiger partial charge in [-0.3, -0.25) is 4.79 Å². The van der Waals surface area contributed by atoms with Crippen LogP contribution in [-0.2, 0) is 16.6 Å². The van der Waals surface area contributed by atoms with Crippen LogP contribution in [0.3, 0.4) is 0 Å². The van der Waals surface area contributed by atoms with E-state index in [1.54, 1.807) is 42.5 Å². The van der Waals surface area contributed by atoms with E-state index < -0.39 is 10.0 Å². The van der Waals surface area contributed by atoms with Gasteiger partial charge in [-0.1, -0.05) is 29.8 Å². The maximum absolute atomic E-state index is 12.7. The van der Waals surface area contributed by atoms with Crippen LogP contribution in [0, 0.1) is 0 Å². The molecule has 0 atom stereocenters. The molecule has 0 aliphatic carbocycles. The monoisotopic (exact) mass is 430 g/mol. The number of H-pyrrole nitrogens is 1. The number of pyridine rings is 1. The maximum atomic E-state index is 12.7. The SMILES string of the molecule is O=c1cc(CN=C2Nc3c(Oc4ccccc4Cl)cccc3S(=O)(=O)N2)cc[nH]1. The second-order valence-electron chi connectivity index (χ2n) is 6.12. The highest BCUT2D eigenvalue weighted by atomic mass is 35.5. The molecule has 0 unspecified atom stereocenters. The summed E-state index contributed by atoms with van der Waals surface area (Å²) in [4.78, 5) is 18.2. The van der Waals surface area contributed by atoms with Gasteiger partial charge in [-0.05, 0) is 35.9 Å². The number of guanidine groups is 1. The summed E-state index contributed by atoms with van der Waals surface area (Å²) >= 11 is 6.14. The number of fused-ring (bicyclic) bond motifs is 1. The topological polar surface area (TPSA) is 113 Å². The van der Waals surface area contributed by atoms with E-state index in [4.69, 9.17) is 16.3 Å². The van der Waals surface area contributed by atoms with E-state index in [1.165, 1.54) is 18.3 Å². The van der Waals surface area contributed by atoms with Crippen LogP contribution in [0.2, 0.25) is 5.02 Å². The number of halogens is 1. The fourth-order valence-corrected chi connectivity index (χ4v) is 4.08. The summed E-state index contributed by atoms with van der Waals surface area (Å²) < 4.78 is 33.5. The second kappa shape index (κ2) is 7.61. The second-order valence-corrected chi connectivity index (χ2v) is 8.18. The number of ether oxygens (including phenoxy) is 1. The summed E-state index contributed by atoms with van der Waals surface area (Å²) in [5.74, 6) is 0.694. The number of hydrogen-bond acceptors (Lipinski definition) is 5. The third-order valence-electron chi connectivity index (χ3n) is 4.07. The Balaban J connectivity index is 1.69. The van der Waals surface area contributed by atoms with Gasteiger partial charge in [-0.25, -0.2) is 18.1 Å². The van der Waals surface area contributed by atoms with Crippen molar-refractivity contribution in [2.75, 3.05) is 5.32 Å². The Morgan fingerprint density at radius 3 is 2.62 bits per heavy atom. The number of aromatic nitrogens is 1. The van der Waals surface area contributed by atoms with Gasteiger partial charge in [-0.15, -0.1) is 0 Å². The molecule has 0 radical (unpaired) electrons. The van der Waals surface area contributed by atoms with Crippen molar-refractivity contribution in [3.8, 4) is 11.5 Å². The first-order valence-corrected chi connectivity index (χ1v) is 10.4. The maximum Gasteiger partial charge on any atom is 0.266 e. The largest absolute Gasteiger partial charge is 0.454 e. The van der Waals surface area contributed by atoms with Crippen molar-refractivity contribution < 1.29 is 13.2 Å². The Morgan fingerprint density at radius 2 is 1.83 bits per heavy atom. The highest BCUT2D eigenvalue weighted by molar-refractivity contribution is 7.90. The van der Waals surface area contributed by atoms with Gasteiger partial charge < -0.3 is 15.0 Å². The molecule has 0 fully saturated rings. The van der Waals surface area contributed by atoms with Gasteiger partial charge in [0.1, 0.15) is 16.3 Å². The van der Waals surface area contributed by atoms with Crippen LogP contribution < -0.4 is 20.3 Å². The Bertz CT molecular complexity index is 1270. The van der Waals surface area contributed by atoms with Gasteiger partial charge >= 0.3 is 0 Å². The highest BCUT2D eigenvalue weighted by Crippen LogP contribution is 2.38. The molecule has 0 saturated carbocycles. The molecule has 3 N–H and O–H groups in total. The molecule has 4 rings (SSSR count). The minimum Gasteiger partial charge on any atom is -0.454 e. The standard InChI is InChI=1S/C19H15ClN4O4S/c20-13-4-1-2-5-14(13)28-15-6-3-7-16-18(15)23-19(24-29(16,26)27)22-11-12-8-9-21-17(25)10-12/h1-10H,11H2,(H,21,25)(H2,22,23,24). The number of aromatic amines is 1. The lowest BCUT2D eigenvalue weighted by Gasteiger charge is -2.23. The minimum atomic E-state index is -3.85. The fraction of sp³-hybridized carbons (Fsp3) is 0.0526. The Labute approximate surface area is 171 Å². The molecule has 0 amide bonds. The van der Waals surface area contributed by atoms with Crippen LogP contribution in [-0.4, -0.2) is 19.4 Å². The molecule has 1 aliphatic rings. The van der Waals surface area contributed by atoms with E-state index in [0.717, 1.165) is 0 Å². The molecule has 8 nitrogen and oxygen atoms in total. The van der Waals surface area contributed by atoms with E-state index in [2.05, 4.69) is 20.0 Å². The third-order valence-corrected chi connectivity index (χ3v) is 5.76. The predicted molar refractivity (Wildman–Crippen MR) is 110 cm³/mol. The van der Waals surface area contributed by atoms with Gasteiger partial charge in [0.15, 0.2) is 5.75 Å². The lowest BCUT2D eigenvalue weighted by molar-refractivity contribution is 0.483. The molecule has 0 saturated heterocycles. The summed E-state index contributed by atoms with van der Waals surface area (Å²) in [6.45, 7) is 0.109. The fourth-order valence-electron chi connectivity index (χ4n) is 2.74. The van der Waals surface area contributed by atoms with Crippen LogP contribution in [0.1, 0.15) is 5.56 Å². The number of anilines is 1. The molecule has 148 valence electrons. The van der Waals surface area contributed by atoms with Gasteiger partial charge in [-0.2, -0.15) is 0 Å². The van der Waals surface area contributed by atoms with Crippen LogP contribution in [0.25, 0.3) is 0 Å². The Hall–Kier alpha value is -3.30. The lowest BCUT2D eigenvalue weighted by atomic mass is 10.2. The average molecular weight is 431 g/mol. The molecular weight excluding hydrogens is 416 g/mol. The van der Waals surface area contributed by atoms with E-state index in [-0.39, 0.29) is 34.4 Å². The Morgan fingerprint density at radius 1 is 1.03 bits per heavy atom. The summed E-state index contributed by atoms with van der Waals surface area (Å²) in [5, 5.41) is 3.35. The number of rotatable bonds is 4. The van der Waals surface area contributed by atoms with Crippen LogP contribution >= 0.6 is 11.6 Å². The summed E-state index contributed by atoms with van der Waals surface area (Å²) in [5.41, 5.74) is 0.616. The molecule has 2 aromatic carbocycles. The Kier molecular flexibility index (Phi) is 4.99. The molecule has 10 heteroatoms. The normalized spacial score (nSPS) is 15.8. The molecular formula is C19H15ClN4O4S. The number of sulfonamides is 1. The molecule has 1 aromatic heterocycles. The summed E-state index contributed by atoms with van der Waals surface area (Å²) in [7, 11) is -3.85. The number of benzene rings is 2. The lowest BCUT2D eigenvalue weighted by Crippen LogP contribution is -2.40.